The Balaban J connectivity index is 2.12. The summed E-state index contributed by atoms with van der Waals surface area (Å²) in [6, 6.07) is 6.71. The average molecular weight is 300 g/mol. The third-order valence-electron chi connectivity index (χ3n) is 2.85. The first-order valence-corrected chi connectivity index (χ1v) is 7.30. The molecule has 1 aromatic heterocycles. The number of halogens is 2. The summed E-state index contributed by atoms with van der Waals surface area (Å²) in [5.41, 5.74) is 1.64. The Bertz CT molecular complexity index is 498. The fourth-order valence-electron chi connectivity index (χ4n) is 1.90. The zero-order valence-electron chi connectivity index (χ0n) is 10.4. The Morgan fingerprint density at radius 1 is 1.26 bits per heavy atom. The summed E-state index contributed by atoms with van der Waals surface area (Å²) in [7, 11) is 0. The first kappa shape index (κ1) is 14.5. The number of hydrogen-bond acceptors (Lipinski definition) is 3. The predicted octanol–water partition coefficient (Wildman–Crippen LogP) is 3.54. The molecule has 2 rings (SSSR count). The van der Waals surface area contributed by atoms with Crippen LogP contribution in [0.5, 0.6) is 0 Å². The van der Waals surface area contributed by atoms with Crippen molar-refractivity contribution in [2.24, 2.45) is 0 Å². The monoisotopic (exact) mass is 299 g/mol. The van der Waals surface area contributed by atoms with E-state index in [1.807, 2.05) is 21.7 Å². The molecule has 1 aromatic carbocycles. The molecule has 0 atom stereocenters. The van der Waals surface area contributed by atoms with Crippen molar-refractivity contribution in [3.05, 3.63) is 57.0 Å². The van der Waals surface area contributed by atoms with Crippen molar-refractivity contribution in [2.75, 3.05) is 13.2 Å². The van der Waals surface area contributed by atoms with Gasteiger partial charge < -0.3 is 5.11 Å². The topological polar surface area (TPSA) is 23.5 Å². The van der Waals surface area contributed by atoms with E-state index < -0.39 is 0 Å². The highest BCUT2D eigenvalue weighted by atomic mass is 35.5. The zero-order valence-corrected chi connectivity index (χ0v) is 11.9. The van der Waals surface area contributed by atoms with Crippen LogP contribution < -0.4 is 0 Å². The molecule has 1 heterocycles. The van der Waals surface area contributed by atoms with Crippen molar-refractivity contribution in [2.45, 2.75) is 13.1 Å². The molecular weight excluding hydrogens is 285 g/mol. The highest BCUT2D eigenvalue weighted by molar-refractivity contribution is 7.07. The Kier molecular flexibility index (Phi) is 5.34. The first-order valence-electron chi connectivity index (χ1n) is 5.98. The SMILES string of the molecule is OCCN(Cc1ccsc1)Cc1c(F)cccc1Cl. The van der Waals surface area contributed by atoms with E-state index in [-0.39, 0.29) is 12.4 Å². The van der Waals surface area contributed by atoms with Crippen molar-refractivity contribution >= 4 is 22.9 Å². The molecule has 5 heteroatoms. The molecule has 0 radical (unpaired) electrons. The Hall–Kier alpha value is -0.940. The lowest BCUT2D eigenvalue weighted by atomic mass is 10.2. The van der Waals surface area contributed by atoms with Gasteiger partial charge >= 0.3 is 0 Å². The Morgan fingerprint density at radius 3 is 2.74 bits per heavy atom. The van der Waals surface area contributed by atoms with Crippen LogP contribution in [-0.2, 0) is 13.1 Å². The van der Waals surface area contributed by atoms with Gasteiger partial charge in [0, 0.05) is 30.2 Å². The van der Waals surface area contributed by atoms with Crippen molar-refractivity contribution in [3.8, 4) is 0 Å². The van der Waals surface area contributed by atoms with Crippen LogP contribution in [0.2, 0.25) is 5.02 Å². The third kappa shape index (κ3) is 4.01. The van der Waals surface area contributed by atoms with Gasteiger partial charge in [-0.2, -0.15) is 11.3 Å². The molecule has 0 bridgehead atoms. The van der Waals surface area contributed by atoms with Crippen LogP contribution in [0.15, 0.2) is 35.0 Å². The maximum absolute atomic E-state index is 13.8. The number of thiophene rings is 1. The lowest BCUT2D eigenvalue weighted by Gasteiger charge is -2.21. The number of aliphatic hydroxyl groups excluding tert-OH is 1. The van der Waals surface area contributed by atoms with Gasteiger partial charge in [0.25, 0.3) is 0 Å². The van der Waals surface area contributed by atoms with E-state index in [9.17, 15) is 4.39 Å². The lowest BCUT2D eigenvalue weighted by molar-refractivity contribution is 0.183. The van der Waals surface area contributed by atoms with Crippen LogP contribution in [0.3, 0.4) is 0 Å². The summed E-state index contributed by atoms with van der Waals surface area (Å²) < 4.78 is 13.8. The molecule has 0 aliphatic carbocycles. The van der Waals surface area contributed by atoms with Crippen molar-refractivity contribution in [3.63, 3.8) is 0 Å². The van der Waals surface area contributed by atoms with Crippen molar-refractivity contribution in [1.29, 1.82) is 0 Å². The maximum Gasteiger partial charge on any atom is 0.129 e. The number of rotatable bonds is 6. The standard InChI is InChI=1S/C14H15ClFNOS/c15-13-2-1-3-14(16)12(13)9-17(5-6-18)8-11-4-7-19-10-11/h1-4,7,10,18H,5-6,8-9H2. The second kappa shape index (κ2) is 7.01. The van der Waals surface area contributed by atoms with Crippen LogP contribution >= 0.6 is 22.9 Å². The summed E-state index contributed by atoms with van der Waals surface area (Å²) >= 11 is 7.65. The van der Waals surface area contributed by atoms with Crippen LogP contribution in [0.25, 0.3) is 0 Å². The van der Waals surface area contributed by atoms with Gasteiger partial charge in [0.2, 0.25) is 0 Å². The molecule has 0 fully saturated rings. The maximum atomic E-state index is 13.8. The first-order chi connectivity index (χ1) is 9.20. The number of nitrogens with zero attached hydrogens (tertiary/aromatic N) is 1. The van der Waals surface area contributed by atoms with Gasteiger partial charge in [0.1, 0.15) is 5.82 Å². The third-order valence-corrected chi connectivity index (χ3v) is 3.93. The van der Waals surface area contributed by atoms with E-state index >= 15 is 0 Å². The predicted molar refractivity (Wildman–Crippen MR) is 76.9 cm³/mol. The molecule has 2 nitrogen and oxygen atoms in total. The van der Waals surface area contributed by atoms with E-state index in [0.29, 0.717) is 30.2 Å². The second-order valence-electron chi connectivity index (χ2n) is 4.27. The van der Waals surface area contributed by atoms with Gasteiger partial charge in [-0.25, -0.2) is 4.39 Å². The van der Waals surface area contributed by atoms with Crippen LogP contribution in [0, 0.1) is 5.82 Å². The summed E-state index contributed by atoms with van der Waals surface area (Å²) in [4.78, 5) is 1.98. The molecule has 0 saturated carbocycles. The molecule has 102 valence electrons. The minimum absolute atomic E-state index is 0.0379. The highest BCUT2D eigenvalue weighted by Crippen LogP contribution is 2.21. The van der Waals surface area contributed by atoms with Gasteiger partial charge in [-0.3, -0.25) is 4.90 Å². The molecular formula is C14H15ClFNOS. The Morgan fingerprint density at radius 2 is 2.11 bits per heavy atom. The summed E-state index contributed by atoms with van der Waals surface area (Å²) in [6.07, 6.45) is 0. The normalized spacial score (nSPS) is 11.2. The molecule has 0 saturated heterocycles. The summed E-state index contributed by atoms with van der Waals surface area (Å²) in [5, 5.41) is 13.6. The van der Waals surface area contributed by atoms with E-state index in [0.717, 1.165) is 5.56 Å². The van der Waals surface area contributed by atoms with E-state index in [2.05, 4.69) is 0 Å². The van der Waals surface area contributed by atoms with Crippen molar-refractivity contribution in [1.82, 2.24) is 4.90 Å². The zero-order chi connectivity index (χ0) is 13.7. The molecule has 2 aromatic rings. The average Bonchev–Trinajstić information content (AvgIpc) is 2.87. The number of benzene rings is 1. The highest BCUT2D eigenvalue weighted by Gasteiger charge is 2.13. The lowest BCUT2D eigenvalue weighted by Crippen LogP contribution is -2.26. The molecule has 19 heavy (non-hydrogen) atoms. The largest absolute Gasteiger partial charge is 0.395 e. The Labute approximate surface area is 121 Å². The minimum Gasteiger partial charge on any atom is -0.395 e. The van der Waals surface area contributed by atoms with Crippen LogP contribution in [-0.4, -0.2) is 23.2 Å². The van der Waals surface area contributed by atoms with Crippen LogP contribution in [0.1, 0.15) is 11.1 Å². The van der Waals surface area contributed by atoms with Crippen molar-refractivity contribution < 1.29 is 9.50 Å². The summed E-state index contributed by atoms with van der Waals surface area (Å²) in [5.74, 6) is -0.305. The molecule has 0 spiro atoms. The van der Waals surface area contributed by atoms with Crippen LogP contribution in [0.4, 0.5) is 4.39 Å². The smallest absolute Gasteiger partial charge is 0.129 e. The number of hydrogen-bond donors (Lipinski definition) is 1. The van der Waals surface area contributed by atoms with Gasteiger partial charge in [0.05, 0.1) is 6.61 Å². The quantitative estimate of drug-likeness (QED) is 0.882. The molecule has 1 N–H and O–H groups in total. The minimum atomic E-state index is -0.305. The van der Waals surface area contributed by atoms with Gasteiger partial charge in [-0.1, -0.05) is 17.7 Å². The molecule has 0 unspecified atom stereocenters. The van der Waals surface area contributed by atoms with E-state index in [4.69, 9.17) is 16.7 Å². The molecule has 0 aliphatic rings. The fraction of sp³-hybridized carbons (Fsp3) is 0.286. The second-order valence-corrected chi connectivity index (χ2v) is 5.45. The molecule has 0 aliphatic heterocycles. The molecule has 0 amide bonds. The van der Waals surface area contributed by atoms with E-state index in [1.54, 1.807) is 23.5 Å². The fourth-order valence-corrected chi connectivity index (χ4v) is 2.79. The summed E-state index contributed by atoms with van der Waals surface area (Å²) in [6.45, 7) is 1.59. The van der Waals surface area contributed by atoms with Gasteiger partial charge in [-0.15, -0.1) is 0 Å². The number of aliphatic hydroxyl groups is 1. The van der Waals surface area contributed by atoms with Gasteiger partial charge in [0.15, 0.2) is 0 Å². The van der Waals surface area contributed by atoms with E-state index in [1.165, 1.54) is 6.07 Å². The van der Waals surface area contributed by atoms with Gasteiger partial charge in [-0.05, 0) is 34.5 Å².